The van der Waals surface area contributed by atoms with Crippen molar-refractivity contribution in [1.82, 2.24) is 0 Å². The van der Waals surface area contributed by atoms with Crippen molar-refractivity contribution in [2.45, 2.75) is 6.92 Å². The Morgan fingerprint density at radius 3 is 1.86 bits per heavy atom. The van der Waals surface area contributed by atoms with Crippen LogP contribution in [0.15, 0.2) is 96.4 Å². The predicted octanol–water partition coefficient (Wildman–Crippen LogP) is 7.27. The molecular weight excluding hydrogens is 427 g/mol. The van der Waals surface area contributed by atoms with Gasteiger partial charge >= 0.3 is 0 Å². The van der Waals surface area contributed by atoms with Gasteiger partial charge < -0.3 is 0 Å². The molecular formula is C25H19PS3. The molecule has 0 aliphatic rings. The first-order valence-corrected chi connectivity index (χ1v) is 13.3. The van der Waals surface area contributed by atoms with Gasteiger partial charge in [-0.05, 0) is 55.1 Å². The zero-order valence-electron chi connectivity index (χ0n) is 15.9. The van der Waals surface area contributed by atoms with Gasteiger partial charge in [0.25, 0.3) is 0 Å². The molecule has 0 bridgehead atoms. The quantitative estimate of drug-likeness (QED) is 0.249. The van der Waals surface area contributed by atoms with Crippen LogP contribution in [-0.4, -0.2) is 0 Å². The maximum absolute atomic E-state index is 2.46. The van der Waals surface area contributed by atoms with Crippen LogP contribution in [0.2, 0.25) is 0 Å². The molecule has 0 fully saturated rings. The summed E-state index contributed by atoms with van der Waals surface area (Å²) in [7, 11) is -0.613. The average Bonchev–Trinajstić information content (AvgIpc) is 3.50. The van der Waals surface area contributed by atoms with Crippen molar-refractivity contribution in [3.63, 3.8) is 0 Å². The van der Waals surface area contributed by atoms with E-state index in [1.54, 1.807) is 0 Å². The summed E-state index contributed by atoms with van der Waals surface area (Å²) in [4.78, 5) is 6.89. The first kappa shape index (κ1) is 19.0. The Bertz CT molecular complexity index is 1160. The number of hydrogen-bond acceptors (Lipinski definition) is 3. The van der Waals surface area contributed by atoms with Gasteiger partial charge in [0.05, 0.1) is 4.88 Å². The maximum atomic E-state index is 2.46. The SMILES string of the molecule is Cc1ccc(-c2cc(P(c3ccccc3)c3ccccc3)c(-c3cccs3)s2)s1. The fourth-order valence-corrected chi connectivity index (χ4v) is 9.23. The van der Waals surface area contributed by atoms with Gasteiger partial charge in [0.2, 0.25) is 0 Å². The zero-order chi connectivity index (χ0) is 19.6. The topological polar surface area (TPSA) is 0 Å². The highest BCUT2D eigenvalue weighted by Gasteiger charge is 2.24. The van der Waals surface area contributed by atoms with Gasteiger partial charge in [-0.3, -0.25) is 0 Å². The Hall–Kier alpha value is -2.03. The van der Waals surface area contributed by atoms with Gasteiger partial charge in [-0.25, -0.2) is 0 Å². The lowest BCUT2D eigenvalue weighted by atomic mass is 10.3. The van der Waals surface area contributed by atoms with E-state index in [-0.39, 0.29) is 0 Å². The minimum Gasteiger partial charge on any atom is -0.143 e. The van der Waals surface area contributed by atoms with Crippen molar-refractivity contribution >= 4 is 57.8 Å². The van der Waals surface area contributed by atoms with Crippen molar-refractivity contribution in [2.24, 2.45) is 0 Å². The van der Waals surface area contributed by atoms with Gasteiger partial charge in [-0.2, -0.15) is 0 Å². The van der Waals surface area contributed by atoms with Crippen molar-refractivity contribution < 1.29 is 0 Å². The van der Waals surface area contributed by atoms with Crippen LogP contribution >= 0.6 is 41.9 Å². The first-order chi connectivity index (χ1) is 14.3. The molecule has 3 aromatic heterocycles. The number of aryl methyl sites for hydroxylation is 1. The molecule has 0 unspecified atom stereocenters. The lowest BCUT2D eigenvalue weighted by molar-refractivity contribution is 1.64. The van der Waals surface area contributed by atoms with Gasteiger partial charge in [-0.1, -0.05) is 66.7 Å². The van der Waals surface area contributed by atoms with Gasteiger partial charge in [-0.15, -0.1) is 34.0 Å². The minimum absolute atomic E-state index is 0.613. The van der Waals surface area contributed by atoms with E-state index in [2.05, 4.69) is 103 Å². The van der Waals surface area contributed by atoms with Crippen molar-refractivity contribution in [1.29, 1.82) is 0 Å². The molecule has 5 rings (SSSR count). The van der Waals surface area contributed by atoms with Crippen molar-refractivity contribution in [3.8, 4) is 19.5 Å². The molecule has 0 saturated heterocycles. The third-order valence-electron chi connectivity index (χ3n) is 4.71. The molecule has 0 aliphatic carbocycles. The molecule has 0 aliphatic heterocycles. The summed E-state index contributed by atoms with van der Waals surface area (Å²) in [6.45, 7) is 2.18. The molecule has 4 heteroatoms. The smallest absolute Gasteiger partial charge is 0.0532 e. The molecule has 0 spiro atoms. The second-order valence-corrected chi connectivity index (χ2v) is 12.2. The highest BCUT2D eigenvalue weighted by Crippen LogP contribution is 2.45. The molecule has 29 heavy (non-hydrogen) atoms. The normalized spacial score (nSPS) is 11.2. The third-order valence-corrected chi connectivity index (χ3v) is 10.7. The molecule has 0 saturated carbocycles. The summed E-state index contributed by atoms with van der Waals surface area (Å²) >= 11 is 5.66. The highest BCUT2D eigenvalue weighted by molar-refractivity contribution is 7.80. The predicted molar refractivity (Wildman–Crippen MR) is 134 cm³/mol. The number of benzene rings is 2. The molecule has 2 aromatic carbocycles. The van der Waals surface area contributed by atoms with E-state index in [1.807, 2.05) is 34.0 Å². The highest BCUT2D eigenvalue weighted by atomic mass is 32.1. The zero-order valence-corrected chi connectivity index (χ0v) is 19.3. The van der Waals surface area contributed by atoms with Crippen molar-refractivity contribution in [2.75, 3.05) is 0 Å². The minimum atomic E-state index is -0.613. The van der Waals surface area contributed by atoms with E-state index in [4.69, 9.17) is 0 Å². The number of thiophene rings is 3. The van der Waals surface area contributed by atoms with Crippen LogP contribution in [-0.2, 0) is 0 Å². The van der Waals surface area contributed by atoms with Crippen LogP contribution in [0, 0.1) is 6.92 Å². The van der Waals surface area contributed by atoms with Crippen molar-refractivity contribution in [3.05, 3.63) is 101 Å². The second kappa shape index (κ2) is 8.38. The Morgan fingerprint density at radius 1 is 0.621 bits per heavy atom. The van der Waals surface area contributed by atoms with Crippen LogP contribution in [0.25, 0.3) is 19.5 Å². The molecule has 0 amide bonds. The molecule has 0 radical (unpaired) electrons. The van der Waals surface area contributed by atoms with Gasteiger partial charge in [0, 0.05) is 24.8 Å². The Labute approximate surface area is 184 Å². The van der Waals surface area contributed by atoms with E-state index in [0.717, 1.165) is 0 Å². The van der Waals surface area contributed by atoms with Crippen LogP contribution < -0.4 is 15.9 Å². The summed E-state index contributed by atoms with van der Waals surface area (Å²) in [5.41, 5.74) is 0. The molecule has 3 heterocycles. The van der Waals surface area contributed by atoms with E-state index >= 15 is 0 Å². The van der Waals surface area contributed by atoms with E-state index in [1.165, 1.54) is 40.3 Å². The number of hydrogen-bond donors (Lipinski definition) is 0. The fraction of sp³-hybridized carbons (Fsp3) is 0.0400. The van der Waals surface area contributed by atoms with Gasteiger partial charge in [0.1, 0.15) is 0 Å². The molecule has 5 aromatic rings. The average molecular weight is 447 g/mol. The van der Waals surface area contributed by atoms with E-state index in [9.17, 15) is 0 Å². The summed E-state index contributed by atoms with van der Waals surface area (Å²) in [5, 5.41) is 6.45. The summed E-state index contributed by atoms with van der Waals surface area (Å²) in [6.07, 6.45) is 0. The molecule has 0 atom stereocenters. The van der Waals surface area contributed by atoms with Gasteiger partial charge in [0.15, 0.2) is 0 Å². The maximum Gasteiger partial charge on any atom is 0.0532 e. The van der Waals surface area contributed by atoms with E-state index < -0.39 is 7.92 Å². The Balaban J connectivity index is 1.74. The lowest BCUT2D eigenvalue weighted by Gasteiger charge is -2.19. The third kappa shape index (κ3) is 3.89. The van der Waals surface area contributed by atoms with Crippen LogP contribution in [0.3, 0.4) is 0 Å². The first-order valence-electron chi connectivity index (χ1n) is 9.44. The molecule has 0 nitrogen and oxygen atoms in total. The lowest BCUT2D eigenvalue weighted by Crippen LogP contribution is -2.20. The van der Waals surface area contributed by atoms with E-state index in [0.29, 0.717) is 0 Å². The largest absolute Gasteiger partial charge is 0.143 e. The van der Waals surface area contributed by atoms with Crippen LogP contribution in [0.1, 0.15) is 4.88 Å². The molecule has 0 N–H and O–H groups in total. The fourth-order valence-electron chi connectivity index (χ4n) is 3.40. The summed E-state index contributed by atoms with van der Waals surface area (Å²) in [5.74, 6) is 0. The Morgan fingerprint density at radius 2 is 1.31 bits per heavy atom. The standard InChI is InChI=1S/C25H19PS3/c1-18-14-15-22(28-18)24-17-21(25(29-24)23-13-8-16-27-23)26(19-9-4-2-5-10-19)20-11-6-3-7-12-20/h2-17H,1H3. The summed E-state index contributed by atoms with van der Waals surface area (Å²) in [6, 6.07) is 33.3. The van der Waals surface area contributed by atoms with Crippen LogP contribution in [0.4, 0.5) is 0 Å². The van der Waals surface area contributed by atoms with Crippen LogP contribution in [0.5, 0.6) is 0 Å². The second-order valence-electron chi connectivity index (χ2n) is 6.72. The number of rotatable bonds is 5. The monoisotopic (exact) mass is 446 g/mol. The molecule has 142 valence electrons. The summed E-state index contributed by atoms with van der Waals surface area (Å²) < 4.78 is 0. The Kier molecular flexibility index (Phi) is 5.48.